The van der Waals surface area contributed by atoms with Crippen molar-refractivity contribution < 1.29 is 22.7 Å². The van der Waals surface area contributed by atoms with Gasteiger partial charge in [0.2, 0.25) is 10.0 Å². The Hall–Kier alpha value is -3.49. The molecule has 3 aromatic carbocycles. The van der Waals surface area contributed by atoms with Crippen LogP contribution in [0.2, 0.25) is 0 Å². The van der Waals surface area contributed by atoms with E-state index in [9.17, 15) is 18.0 Å². The largest absolute Gasteiger partial charge is 0.455 e. The van der Waals surface area contributed by atoms with Gasteiger partial charge >= 0.3 is 5.97 Å². The Kier molecular flexibility index (Phi) is 6.61. The van der Waals surface area contributed by atoms with Gasteiger partial charge in [-0.2, -0.15) is 0 Å². The van der Waals surface area contributed by atoms with Gasteiger partial charge in [0.15, 0.2) is 6.61 Å². The van der Waals surface area contributed by atoms with E-state index in [1.807, 2.05) is 54.6 Å². The number of carbonyl (C=O) groups excluding carboxylic acids is 2. The zero-order valence-electron chi connectivity index (χ0n) is 15.9. The van der Waals surface area contributed by atoms with Crippen LogP contribution in [0.5, 0.6) is 0 Å². The lowest BCUT2D eigenvalue weighted by atomic mass is 10.0. The van der Waals surface area contributed by atoms with Crippen LogP contribution in [0, 0.1) is 0 Å². The molecular formula is C22H20N2O5S. The van der Waals surface area contributed by atoms with E-state index < -0.39 is 28.5 Å². The van der Waals surface area contributed by atoms with Gasteiger partial charge in [0.25, 0.3) is 5.91 Å². The Bertz CT molecular complexity index is 1130. The summed E-state index contributed by atoms with van der Waals surface area (Å²) in [5.74, 6) is -1.06. The first-order valence-corrected chi connectivity index (χ1v) is 10.6. The van der Waals surface area contributed by atoms with Gasteiger partial charge in [-0.05, 0) is 41.0 Å². The van der Waals surface area contributed by atoms with Crippen LogP contribution < -0.4 is 10.5 Å². The number of nitrogens with one attached hydrogen (secondary N) is 1. The lowest BCUT2D eigenvalue weighted by Crippen LogP contribution is -2.21. The third-order valence-corrected chi connectivity index (χ3v) is 5.17. The highest BCUT2D eigenvalue weighted by atomic mass is 32.2. The Labute approximate surface area is 174 Å². The molecule has 3 rings (SSSR count). The summed E-state index contributed by atoms with van der Waals surface area (Å²) in [6.45, 7) is -0.447. The minimum Gasteiger partial charge on any atom is -0.455 e. The summed E-state index contributed by atoms with van der Waals surface area (Å²) in [6, 6.07) is 22.8. The van der Waals surface area contributed by atoms with Crippen molar-refractivity contribution in [3.63, 3.8) is 0 Å². The van der Waals surface area contributed by atoms with Crippen molar-refractivity contribution in [2.75, 3.05) is 11.9 Å². The molecule has 0 aliphatic carbocycles. The standard InChI is InChI=1S/C22H20N2O5S/c23-30(27,28)20-12-10-19(11-13-20)24-21(25)15-29-22(26)14-16-6-8-18(9-7-16)17-4-2-1-3-5-17/h1-13H,14-15H2,(H,24,25)(H2,23,27,28). The molecule has 0 saturated carbocycles. The van der Waals surface area contributed by atoms with Gasteiger partial charge in [0, 0.05) is 5.69 Å². The summed E-state index contributed by atoms with van der Waals surface area (Å²) in [4.78, 5) is 23.9. The second-order valence-electron chi connectivity index (χ2n) is 6.52. The van der Waals surface area contributed by atoms with E-state index in [-0.39, 0.29) is 11.3 Å². The maximum atomic E-state index is 12.0. The first-order valence-electron chi connectivity index (χ1n) is 9.04. The summed E-state index contributed by atoms with van der Waals surface area (Å²) in [5.41, 5.74) is 3.26. The maximum Gasteiger partial charge on any atom is 0.310 e. The average molecular weight is 424 g/mol. The molecule has 0 aromatic heterocycles. The average Bonchev–Trinajstić information content (AvgIpc) is 2.73. The first-order chi connectivity index (χ1) is 14.3. The highest BCUT2D eigenvalue weighted by Crippen LogP contribution is 2.19. The SMILES string of the molecule is NS(=O)(=O)c1ccc(NC(=O)COC(=O)Cc2ccc(-c3ccccc3)cc2)cc1. The van der Waals surface area contributed by atoms with Crippen molar-refractivity contribution in [2.24, 2.45) is 5.14 Å². The summed E-state index contributed by atoms with van der Waals surface area (Å²) < 4.78 is 27.4. The number of ether oxygens (including phenoxy) is 1. The topological polar surface area (TPSA) is 116 Å². The molecule has 1 amide bonds. The molecule has 8 heteroatoms. The van der Waals surface area contributed by atoms with Crippen LogP contribution in [0.15, 0.2) is 83.8 Å². The smallest absolute Gasteiger partial charge is 0.310 e. The van der Waals surface area contributed by atoms with Gasteiger partial charge in [0.1, 0.15) is 0 Å². The van der Waals surface area contributed by atoms with Gasteiger partial charge in [-0.1, -0.05) is 54.6 Å². The lowest BCUT2D eigenvalue weighted by molar-refractivity contribution is -0.146. The van der Waals surface area contributed by atoms with Crippen LogP contribution in [-0.2, 0) is 30.8 Å². The van der Waals surface area contributed by atoms with Gasteiger partial charge in [-0.25, -0.2) is 13.6 Å². The third kappa shape index (κ3) is 6.00. The van der Waals surface area contributed by atoms with Crippen LogP contribution in [0.3, 0.4) is 0 Å². The monoisotopic (exact) mass is 424 g/mol. The Morgan fingerprint density at radius 3 is 2.03 bits per heavy atom. The maximum absolute atomic E-state index is 12.0. The Morgan fingerprint density at radius 1 is 0.833 bits per heavy atom. The van der Waals surface area contributed by atoms with E-state index in [2.05, 4.69) is 5.32 Å². The molecule has 0 aliphatic rings. The van der Waals surface area contributed by atoms with Crippen LogP contribution >= 0.6 is 0 Å². The molecule has 0 fully saturated rings. The second-order valence-corrected chi connectivity index (χ2v) is 8.08. The number of benzene rings is 3. The summed E-state index contributed by atoms with van der Waals surface area (Å²) in [6.07, 6.45) is 0.0470. The molecule has 30 heavy (non-hydrogen) atoms. The van der Waals surface area contributed by atoms with Crippen molar-refractivity contribution in [1.29, 1.82) is 0 Å². The van der Waals surface area contributed by atoms with Gasteiger partial charge in [-0.15, -0.1) is 0 Å². The number of esters is 1. The van der Waals surface area contributed by atoms with Crippen LogP contribution in [0.1, 0.15) is 5.56 Å². The number of nitrogens with two attached hydrogens (primary N) is 1. The predicted molar refractivity (Wildman–Crippen MR) is 113 cm³/mol. The number of hydrogen-bond donors (Lipinski definition) is 2. The fourth-order valence-electron chi connectivity index (χ4n) is 2.73. The fraction of sp³-hybridized carbons (Fsp3) is 0.0909. The molecule has 0 atom stereocenters. The summed E-state index contributed by atoms with van der Waals surface area (Å²) in [5, 5.41) is 7.53. The molecule has 7 nitrogen and oxygen atoms in total. The van der Waals surface area contributed by atoms with E-state index >= 15 is 0 Å². The number of primary sulfonamides is 1. The number of anilines is 1. The quantitative estimate of drug-likeness (QED) is 0.566. The Balaban J connectivity index is 1.48. The van der Waals surface area contributed by atoms with E-state index in [4.69, 9.17) is 9.88 Å². The highest BCUT2D eigenvalue weighted by molar-refractivity contribution is 7.89. The zero-order chi connectivity index (χ0) is 21.6. The number of amides is 1. The molecule has 0 radical (unpaired) electrons. The van der Waals surface area contributed by atoms with E-state index in [1.165, 1.54) is 24.3 Å². The molecular weight excluding hydrogens is 404 g/mol. The molecule has 0 saturated heterocycles. The van der Waals surface area contributed by atoms with Crippen molar-refractivity contribution in [1.82, 2.24) is 0 Å². The van der Waals surface area contributed by atoms with Crippen molar-refractivity contribution in [2.45, 2.75) is 11.3 Å². The lowest BCUT2D eigenvalue weighted by Gasteiger charge is -2.08. The number of rotatable bonds is 7. The van der Waals surface area contributed by atoms with Crippen molar-refractivity contribution >= 4 is 27.6 Å². The highest BCUT2D eigenvalue weighted by Gasteiger charge is 2.11. The van der Waals surface area contributed by atoms with Crippen LogP contribution in [0.4, 0.5) is 5.69 Å². The molecule has 0 heterocycles. The minimum atomic E-state index is -3.80. The fourth-order valence-corrected chi connectivity index (χ4v) is 3.25. The van der Waals surface area contributed by atoms with Crippen molar-refractivity contribution in [3.8, 4) is 11.1 Å². The number of sulfonamides is 1. The van der Waals surface area contributed by atoms with Gasteiger partial charge < -0.3 is 10.1 Å². The zero-order valence-corrected chi connectivity index (χ0v) is 16.8. The van der Waals surface area contributed by atoms with Crippen LogP contribution in [0.25, 0.3) is 11.1 Å². The summed E-state index contributed by atoms with van der Waals surface area (Å²) >= 11 is 0. The molecule has 3 aromatic rings. The molecule has 0 unspecified atom stereocenters. The number of carbonyl (C=O) groups is 2. The van der Waals surface area contributed by atoms with Crippen molar-refractivity contribution in [3.05, 3.63) is 84.4 Å². The first kappa shape index (κ1) is 21.2. The van der Waals surface area contributed by atoms with Crippen LogP contribution in [-0.4, -0.2) is 26.9 Å². The van der Waals surface area contributed by atoms with E-state index in [0.717, 1.165) is 16.7 Å². The Morgan fingerprint density at radius 2 is 1.43 bits per heavy atom. The molecule has 154 valence electrons. The minimum absolute atomic E-state index is 0.0470. The van der Waals surface area contributed by atoms with E-state index in [0.29, 0.717) is 5.69 Å². The molecule has 0 spiro atoms. The normalized spacial score (nSPS) is 11.0. The third-order valence-electron chi connectivity index (χ3n) is 4.24. The second kappa shape index (κ2) is 9.34. The number of hydrogen-bond acceptors (Lipinski definition) is 5. The van der Waals surface area contributed by atoms with Gasteiger partial charge in [0.05, 0.1) is 11.3 Å². The van der Waals surface area contributed by atoms with Gasteiger partial charge in [-0.3, -0.25) is 9.59 Å². The molecule has 0 aliphatic heterocycles. The summed E-state index contributed by atoms with van der Waals surface area (Å²) in [7, 11) is -3.80. The molecule has 3 N–H and O–H groups in total. The molecule has 0 bridgehead atoms. The van der Waals surface area contributed by atoms with E-state index in [1.54, 1.807) is 0 Å². The predicted octanol–water partition coefficient (Wildman–Crippen LogP) is 2.73.